The summed E-state index contributed by atoms with van der Waals surface area (Å²) in [6.45, 7) is 0. The molecule has 2 rings (SSSR count). The molecule has 0 heterocycles. The summed E-state index contributed by atoms with van der Waals surface area (Å²) in [4.78, 5) is 20.4. The molecule has 11 nitrogen and oxygen atoms in total. The first-order valence-electron chi connectivity index (χ1n) is 7.43. The molecular formula is C16H16N4O7. The Kier molecular flexibility index (Phi) is 6.10. The topological polar surface area (TPSA) is 138 Å². The number of hydrogen-bond acceptors (Lipinski definition) is 9. The predicted octanol–water partition coefficient (Wildman–Crippen LogP) is 2.97. The molecule has 0 unspecified atom stereocenters. The van der Waals surface area contributed by atoms with Gasteiger partial charge in [0.1, 0.15) is 5.69 Å². The fourth-order valence-electron chi connectivity index (χ4n) is 2.28. The minimum atomic E-state index is -0.734. The van der Waals surface area contributed by atoms with Crippen LogP contribution in [-0.2, 0) is 0 Å². The van der Waals surface area contributed by atoms with Gasteiger partial charge in [0.15, 0.2) is 11.5 Å². The molecule has 142 valence electrons. The second kappa shape index (κ2) is 8.47. The SMILES string of the molecule is COc1ccc(C=NNc2ccc([N+](=O)[O-])cc2[N+](=O)[O-])c(OC)c1OC. The van der Waals surface area contributed by atoms with Crippen LogP contribution in [0.25, 0.3) is 0 Å². The lowest BCUT2D eigenvalue weighted by Gasteiger charge is -2.13. The number of nitro groups is 2. The van der Waals surface area contributed by atoms with Crippen LogP contribution in [0.5, 0.6) is 17.2 Å². The number of benzene rings is 2. The summed E-state index contributed by atoms with van der Waals surface area (Å²) in [6, 6.07) is 6.52. The van der Waals surface area contributed by atoms with Gasteiger partial charge in [-0.3, -0.25) is 25.7 Å². The van der Waals surface area contributed by atoms with Gasteiger partial charge >= 0.3 is 5.69 Å². The summed E-state index contributed by atoms with van der Waals surface area (Å²) in [7, 11) is 4.39. The number of methoxy groups -OCH3 is 3. The minimum absolute atomic E-state index is 0.00120. The maximum absolute atomic E-state index is 11.1. The molecule has 1 N–H and O–H groups in total. The van der Waals surface area contributed by atoms with Gasteiger partial charge < -0.3 is 14.2 Å². The van der Waals surface area contributed by atoms with Crippen LogP contribution >= 0.6 is 0 Å². The number of rotatable bonds is 8. The van der Waals surface area contributed by atoms with E-state index >= 15 is 0 Å². The largest absolute Gasteiger partial charge is 0.493 e. The number of nitrogens with one attached hydrogen (secondary N) is 1. The van der Waals surface area contributed by atoms with Gasteiger partial charge in [0.25, 0.3) is 5.69 Å². The third-order valence-corrected chi connectivity index (χ3v) is 3.51. The molecule has 0 fully saturated rings. The fraction of sp³-hybridized carbons (Fsp3) is 0.188. The van der Waals surface area contributed by atoms with E-state index in [-0.39, 0.29) is 5.69 Å². The van der Waals surface area contributed by atoms with Crippen molar-refractivity contribution in [3.8, 4) is 17.2 Å². The van der Waals surface area contributed by atoms with Crippen molar-refractivity contribution in [1.82, 2.24) is 0 Å². The van der Waals surface area contributed by atoms with Crippen LogP contribution in [-0.4, -0.2) is 37.4 Å². The van der Waals surface area contributed by atoms with Gasteiger partial charge in [-0.25, -0.2) is 0 Å². The lowest BCUT2D eigenvalue weighted by atomic mass is 10.2. The number of hydrazone groups is 1. The Labute approximate surface area is 153 Å². The first-order valence-corrected chi connectivity index (χ1v) is 7.43. The van der Waals surface area contributed by atoms with Crippen molar-refractivity contribution in [2.45, 2.75) is 0 Å². The Balaban J connectivity index is 2.33. The number of nitro benzene ring substituents is 2. The first kappa shape index (κ1) is 19.4. The Morgan fingerprint density at radius 2 is 1.67 bits per heavy atom. The second-order valence-electron chi connectivity index (χ2n) is 5.01. The highest BCUT2D eigenvalue weighted by Crippen LogP contribution is 2.39. The highest BCUT2D eigenvalue weighted by atomic mass is 16.6. The molecule has 0 aliphatic carbocycles. The van der Waals surface area contributed by atoms with Crippen molar-refractivity contribution < 1.29 is 24.1 Å². The average molecular weight is 376 g/mol. The van der Waals surface area contributed by atoms with E-state index < -0.39 is 21.2 Å². The Bertz CT molecular complexity index is 899. The first-order chi connectivity index (χ1) is 12.9. The molecule has 11 heteroatoms. The summed E-state index contributed by atoms with van der Waals surface area (Å²) in [5.74, 6) is 1.19. The normalized spacial score (nSPS) is 10.5. The van der Waals surface area contributed by atoms with E-state index in [0.29, 0.717) is 22.8 Å². The van der Waals surface area contributed by atoms with E-state index in [9.17, 15) is 20.2 Å². The Hall–Kier alpha value is -3.89. The molecule has 2 aromatic rings. The van der Waals surface area contributed by atoms with Gasteiger partial charge in [0, 0.05) is 11.6 Å². The fourth-order valence-corrected chi connectivity index (χ4v) is 2.28. The van der Waals surface area contributed by atoms with E-state index in [1.165, 1.54) is 33.6 Å². The monoisotopic (exact) mass is 376 g/mol. The summed E-state index contributed by atoms with van der Waals surface area (Å²) in [6.07, 6.45) is 1.37. The second-order valence-corrected chi connectivity index (χ2v) is 5.01. The highest BCUT2D eigenvalue weighted by molar-refractivity contribution is 5.86. The van der Waals surface area contributed by atoms with E-state index in [1.54, 1.807) is 12.1 Å². The Morgan fingerprint density at radius 1 is 0.963 bits per heavy atom. The van der Waals surface area contributed by atoms with Gasteiger partial charge in [0.05, 0.1) is 43.5 Å². The number of ether oxygens (including phenoxy) is 3. The van der Waals surface area contributed by atoms with Crippen LogP contribution in [0.1, 0.15) is 5.56 Å². The minimum Gasteiger partial charge on any atom is -0.493 e. The third-order valence-electron chi connectivity index (χ3n) is 3.51. The standard InChI is InChI=1S/C16H16N4O7/c1-25-14-7-4-10(15(26-2)16(14)27-3)9-17-18-12-6-5-11(19(21)22)8-13(12)20(23)24/h4-9,18H,1-3H3. The van der Waals surface area contributed by atoms with Crippen LogP contribution in [0.15, 0.2) is 35.4 Å². The van der Waals surface area contributed by atoms with Gasteiger partial charge in [-0.1, -0.05) is 0 Å². The lowest BCUT2D eigenvalue weighted by molar-refractivity contribution is -0.393. The van der Waals surface area contributed by atoms with Crippen molar-refractivity contribution in [3.63, 3.8) is 0 Å². The van der Waals surface area contributed by atoms with Crippen molar-refractivity contribution in [2.75, 3.05) is 26.8 Å². The van der Waals surface area contributed by atoms with Crippen LogP contribution in [0.4, 0.5) is 17.1 Å². The summed E-state index contributed by atoms with van der Waals surface area (Å²) < 4.78 is 15.8. The molecule has 0 aliphatic heterocycles. The van der Waals surface area contributed by atoms with Crippen LogP contribution in [0.2, 0.25) is 0 Å². The van der Waals surface area contributed by atoms with Gasteiger partial charge in [-0.15, -0.1) is 0 Å². The molecule has 27 heavy (non-hydrogen) atoms. The predicted molar refractivity (Wildman–Crippen MR) is 97.1 cm³/mol. The maximum atomic E-state index is 11.1. The quantitative estimate of drug-likeness (QED) is 0.421. The smallest absolute Gasteiger partial charge is 0.301 e. The third kappa shape index (κ3) is 4.21. The number of hydrogen-bond donors (Lipinski definition) is 1. The molecule has 0 spiro atoms. The summed E-state index contributed by atoms with van der Waals surface area (Å²) in [5, 5.41) is 25.8. The van der Waals surface area contributed by atoms with E-state index in [4.69, 9.17) is 14.2 Å². The molecule has 0 aliphatic rings. The zero-order chi connectivity index (χ0) is 20.0. The summed E-state index contributed by atoms with van der Waals surface area (Å²) >= 11 is 0. The molecule has 0 radical (unpaired) electrons. The lowest BCUT2D eigenvalue weighted by Crippen LogP contribution is -2.01. The zero-order valence-corrected chi connectivity index (χ0v) is 14.7. The van der Waals surface area contributed by atoms with E-state index in [0.717, 1.165) is 12.1 Å². The van der Waals surface area contributed by atoms with Crippen molar-refractivity contribution in [3.05, 3.63) is 56.1 Å². The molecule has 0 aromatic heterocycles. The van der Waals surface area contributed by atoms with Crippen LogP contribution in [0, 0.1) is 20.2 Å². The van der Waals surface area contributed by atoms with Crippen molar-refractivity contribution >= 4 is 23.3 Å². The molecular weight excluding hydrogens is 360 g/mol. The number of non-ortho nitro benzene ring substituents is 1. The molecule has 0 atom stereocenters. The van der Waals surface area contributed by atoms with E-state index in [2.05, 4.69) is 10.5 Å². The van der Waals surface area contributed by atoms with Crippen LogP contribution in [0.3, 0.4) is 0 Å². The van der Waals surface area contributed by atoms with Gasteiger partial charge in [0.2, 0.25) is 5.75 Å². The van der Waals surface area contributed by atoms with Crippen molar-refractivity contribution in [2.24, 2.45) is 5.10 Å². The molecule has 0 bridgehead atoms. The van der Waals surface area contributed by atoms with Gasteiger partial charge in [-0.05, 0) is 18.2 Å². The average Bonchev–Trinajstić information content (AvgIpc) is 2.67. The van der Waals surface area contributed by atoms with E-state index in [1.807, 2.05) is 0 Å². The summed E-state index contributed by atoms with van der Waals surface area (Å²) in [5.41, 5.74) is 2.16. The number of nitrogens with zero attached hydrogens (tertiary/aromatic N) is 3. The van der Waals surface area contributed by atoms with Crippen LogP contribution < -0.4 is 19.6 Å². The Morgan fingerprint density at radius 3 is 2.22 bits per heavy atom. The zero-order valence-electron chi connectivity index (χ0n) is 14.7. The number of anilines is 1. The maximum Gasteiger partial charge on any atom is 0.301 e. The van der Waals surface area contributed by atoms with Gasteiger partial charge in [-0.2, -0.15) is 5.10 Å². The molecule has 0 amide bonds. The molecule has 0 saturated heterocycles. The molecule has 2 aromatic carbocycles. The molecule has 0 saturated carbocycles. The highest BCUT2D eigenvalue weighted by Gasteiger charge is 2.19. The van der Waals surface area contributed by atoms with Crippen molar-refractivity contribution in [1.29, 1.82) is 0 Å².